The molecule has 0 saturated heterocycles. The smallest absolute Gasteiger partial charge is 0.326 e. The lowest BCUT2D eigenvalue weighted by Gasteiger charge is -2.14. The number of hydrogen-bond acceptors (Lipinski definition) is 6. The van der Waals surface area contributed by atoms with Crippen molar-refractivity contribution in [3.05, 3.63) is 52.8 Å². The van der Waals surface area contributed by atoms with E-state index in [0.29, 0.717) is 0 Å². The van der Waals surface area contributed by atoms with Crippen LogP contribution in [-0.4, -0.2) is 43.7 Å². The summed E-state index contributed by atoms with van der Waals surface area (Å²) >= 11 is 3.04. The second-order valence-electron chi connectivity index (χ2n) is 7.53. The first-order valence-corrected chi connectivity index (χ1v) is 11.9. The third-order valence-electron chi connectivity index (χ3n) is 5.54. The summed E-state index contributed by atoms with van der Waals surface area (Å²) in [5.74, 6) is -1.27. The Morgan fingerprint density at radius 2 is 2.13 bits per heavy atom. The third kappa shape index (κ3) is 3.90. The number of carboxylic acids is 1. The zero-order valence-corrected chi connectivity index (χ0v) is 18.2. The number of nitrogens with one attached hydrogen (secondary N) is 2. The number of thioether (sulfide) groups is 1. The van der Waals surface area contributed by atoms with Gasteiger partial charge in [-0.25, -0.2) is 14.8 Å². The molecule has 158 valence electrons. The van der Waals surface area contributed by atoms with Gasteiger partial charge in [0.15, 0.2) is 0 Å². The average Bonchev–Trinajstić information content (AvgIpc) is 3.46. The molecule has 1 aromatic carbocycles. The molecule has 4 aromatic rings. The number of amides is 1. The molecule has 1 unspecified atom stereocenters. The topological polar surface area (TPSA) is 108 Å². The van der Waals surface area contributed by atoms with Crippen molar-refractivity contribution >= 4 is 56.1 Å². The minimum Gasteiger partial charge on any atom is -0.480 e. The Hall–Kier alpha value is -2.91. The minimum absolute atomic E-state index is 0.106. The molecule has 0 radical (unpaired) electrons. The molecule has 1 atom stereocenters. The summed E-state index contributed by atoms with van der Waals surface area (Å²) < 4.78 is 0. The van der Waals surface area contributed by atoms with Crippen LogP contribution in [0.5, 0.6) is 0 Å². The van der Waals surface area contributed by atoms with Gasteiger partial charge in [-0.3, -0.25) is 4.79 Å². The van der Waals surface area contributed by atoms with Gasteiger partial charge >= 0.3 is 5.97 Å². The summed E-state index contributed by atoms with van der Waals surface area (Å²) in [4.78, 5) is 38.6. The van der Waals surface area contributed by atoms with Gasteiger partial charge in [0.25, 0.3) is 0 Å². The molecule has 31 heavy (non-hydrogen) atoms. The third-order valence-corrected chi connectivity index (χ3v) is 7.73. The van der Waals surface area contributed by atoms with E-state index < -0.39 is 12.0 Å². The number of fused-ring (bicyclic) bond motifs is 4. The number of benzene rings is 1. The van der Waals surface area contributed by atoms with Gasteiger partial charge in [-0.1, -0.05) is 30.0 Å². The Labute approximate surface area is 186 Å². The van der Waals surface area contributed by atoms with E-state index in [1.807, 2.05) is 24.3 Å². The first-order chi connectivity index (χ1) is 15.1. The second-order valence-corrected chi connectivity index (χ2v) is 9.57. The number of thiophene rings is 1. The number of carbonyl (C=O) groups excluding carboxylic acids is 1. The minimum atomic E-state index is -1.05. The molecule has 0 aliphatic heterocycles. The number of nitrogens with zero attached hydrogens (tertiary/aromatic N) is 2. The van der Waals surface area contributed by atoms with Gasteiger partial charge in [0.1, 0.15) is 22.2 Å². The molecule has 9 heteroatoms. The van der Waals surface area contributed by atoms with E-state index in [0.717, 1.165) is 51.0 Å². The van der Waals surface area contributed by atoms with E-state index in [9.17, 15) is 14.7 Å². The van der Waals surface area contributed by atoms with Crippen LogP contribution in [0.15, 0.2) is 41.8 Å². The number of aliphatic carboxylic acids is 1. The number of H-pyrrole nitrogens is 1. The van der Waals surface area contributed by atoms with Gasteiger partial charge in [-0.15, -0.1) is 11.3 Å². The average molecular weight is 453 g/mol. The van der Waals surface area contributed by atoms with Crippen molar-refractivity contribution in [1.82, 2.24) is 20.3 Å². The van der Waals surface area contributed by atoms with Crippen molar-refractivity contribution in [1.29, 1.82) is 0 Å². The van der Waals surface area contributed by atoms with E-state index in [4.69, 9.17) is 0 Å². The highest BCUT2D eigenvalue weighted by Gasteiger charge is 2.24. The van der Waals surface area contributed by atoms with Crippen LogP contribution in [0, 0.1) is 0 Å². The molecule has 0 fully saturated rings. The van der Waals surface area contributed by atoms with Crippen LogP contribution in [0.25, 0.3) is 21.1 Å². The van der Waals surface area contributed by atoms with E-state index >= 15 is 0 Å². The lowest BCUT2D eigenvalue weighted by atomic mass is 10.1. The van der Waals surface area contributed by atoms with Crippen LogP contribution in [-0.2, 0) is 28.9 Å². The Bertz CT molecular complexity index is 1300. The molecule has 0 bridgehead atoms. The maximum absolute atomic E-state index is 12.6. The second kappa shape index (κ2) is 8.32. The van der Waals surface area contributed by atoms with Crippen molar-refractivity contribution in [2.75, 3.05) is 5.75 Å². The predicted octanol–water partition coefficient (Wildman–Crippen LogP) is 3.57. The summed E-state index contributed by atoms with van der Waals surface area (Å²) in [5.41, 5.74) is 3.12. The fraction of sp³-hybridized carbons (Fsp3) is 0.273. The number of carboxylic acid groups (broad SMARTS) is 1. The molecule has 0 spiro atoms. The maximum Gasteiger partial charge on any atom is 0.326 e. The normalized spacial score (nSPS) is 14.1. The molecule has 3 heterocycles. The van der Waals surface area contributed by atoms with Gasteiger partial charge in [-0.2, -0.15) is 0 Å². The van der Waals surface area contributed by atoms with E-state index in [1.54, 1.807) is 17.5 Å². The Balaban J connectivity index is 1.28. The van der Waals surface area contributed by atoms with Gasteiger partial charge in [0, 0.05) is 33.8 Å². The van der Waals surface area contributed by atoms with Crippen LogP contribution in [0.4, 0.5) is 0 Å². The number of rotatable bonds is 7. The van der Waals surface area contributed by atoms with Crippen LogP contribution in [0.2, 0.25) is 0 Å². The molecule has 3 aromatic heterocycles. The number of carbonyl (C=O) groups is 2. The molecule has 7 nitrogen and oxygen atoms in total. The zero-order chi connectivity index (χ0) is 21.4. The molecule has 0 saturated carbocycles. The highest BCUT2D eigenvalue weighted by Crippen LogP contribution is 2.39. The fourth-order valence-corrected chi connectivity index (χ4v) is 6.23. The van der Waals surface area contributed by atoms with Gasteiger partial charge in [-0.05, 0) is 36.5 Å². The molecule has 1 aliphatic carbocycles. The van der Waals surface area contributed by atoms with Crippen molar-refractivity contribution in [3.63, 3.8) is 0 Å². The van der Waals surface area contributed by atoms with E-state index in [-0.39, 0.29) is 18.1 Å². The first kappa shape index (κ1) is 20.0. The Morgan fingerprint density at radius 3 is 3.00 bits per heavy atom. The lowest BCUT2D eigenvalue weighted by Crippen LogP contribution is -2.43. The predicted molar refractivity (Wildman–Crippen MR) is 122 cm³/mol. The molecular weight excluding hydrogens is 432 g/mol. The molecular formula is C22H20N4O3S2. The molecule has 1 amide bonds. The largest absolute Gasteiger partial charge is 0.480 e. The number of aromatic nitrogens is 3. The highest BCUT2D eigenvalue weighted by molar-refractivity contribution is 8.00. The van der Waals surface area contributed by atoms with Crippen LogP contribution < -0.4 is 5.32 Å². The number of aryl methyl sites for hydroxylation is 2. The van der Waals surface area contributed by atoms with Crippen molar-refractivity contribution in [2.45, 2.75) is 36.8 Å². The number of para-hydroxylation sites is 1. The van der Waals surface area contributed by atoms with Crippen molar-refractivity contribution in [3.8, 4) is 0 Å². The first-order valence-electron chi connectivity index (χ1n) is 10.1. The van der Waals surface area contributed by atoms with Gasteiger partial charge in [0.2, 0.25) is 5.91 Å². The van der Waals surface area contributed by atoms with Crippen LogP contribution in [0.3, 0.4) is 0 Å². The monoisotopic (exact) mass is 452 g/mol. The standard InChI is InChI=1S/C22H20N4O3S2/c27-18(10-30-20-19-14-5-3-7-17(14)31-21(19)25-11-24-20)26-16(22(28)29)8-12-9-23-15-6-2-1-4-13(12)15/h1-2,4,6,9,11,16,23H,3,5,7-8,10H2,(H,26,27)(H,28,29). The Morgan fingerprint density at radius 1 is 1.26 bits per heavy atom. The summed E-state index contributed by atoms with van der Waals surface area (Å²) in [6.45, 7) is 0. The number of hydrogen-bond donors (Lipinski definition) is 3. The van der Waals surface area contributed by atoms with Gasteiger partial charge < -0.3 is 15.4 Å². The van der Waals surface area contributed by atoms with Gasteiger partial charge in [0.05, 0.1) is 5.75 Å². The van der Waals surface area contributed by atoms with Crippen LogP contribution in [0.1, 0.15) is 22.4 Å². The fourth-order valence-electron chi connectivity index (χ4n) is 4.10. The summed E-state index contributed by atoms with van der Waals surface area (Å²) in [6.07, 6.45) is 6.79. The summed E-state index contributed by atoms with van der Waals surface area (Å²) in [7, 11) is 0. The number of aromatic amines is 1. The van der Waals surface area contributed by atoms with Crippen LogP contribution >= 0.6 is 23.1 Å². The summed E-state index contributed by atoms with van der Waals surface area (Å²) in [6, 6.07) is 6.71. The Kier molecular flexibility index (Phi) is 5.37. The lowest BCUT2D eigenvalue weighted by molar-refractivity contribution is -0.141. The van der Waals surface area contributed by atoms with Crippen molar-refractivity contribution in [2.24, 2.45) is 0 Å². The molecule has 5 rings (SSSR count). The quantitative estimate of drug-likeness (QED) is 0.292. The van der Waals surface area contributed by atoms with E-state index in [2.05, 4.69) is 20.3 Å². The summed E-state index contributed by atoms with van der Waals surface area (Å²) in [5, 5.41) is 15.1. The van der Waals surface area contributed by atoms with Crippen molar-refractivity contribution < 1.29 is 14.7 Å². The molecule has 3 N–H and O–H groups in total. The SMILES string of the molecule is O=C(CSc1ncnc2sc3c(c12)CCC3)NC(Cc1c[nH]c2ccccc12)C(=O)O. The maximum atomic E-state index is 12.6. The zero-order valence-electron chi connectivity index (χ0n) is 16.6. The molecule has 1 aliphatic rings. The highest BCUT2D eigenvalue weighted by atomic mass is 32.2. The van der Waals surface area contributed by atoms with E-state index in [1.165, 1.54) is 28.5 Å².